The molecule has 2 unspecified atom stereocenters. The van der Waals surface area contributed by atoms with E-state index in [4.69, 9.17) is 4.74 Å². The molecule has 0 saturated heterocycles. The summed E-state index contributed by atoms with van der Waals surface area (Å²) in [6.07, 6.45) is 3.77. The molecule has 0 fully saturated rings. The van der Waals surface area contributed by atoms with Gasteiger partial charge in [0.1, 0.15) is 6.10 Å². The van der Waals surface area contributed by atoms with Crippen molar-refractivity contribution in [3.05, 3.63) is 18.0 Å². The van der Waals surface area contributed by atoms with E-state index in [2.05, 4.69) is 18.9 Å². The highest BCUT2D eigenvalue weighted by molar-refractivity contribution is 5.84. The van der Waals surface area contributed by atoms with Crippen LogP contribution in [0.5, 0.6) is 0 Å². The van der Waals surface area contributed by atoms with Crippen LogP contribution in [0.15, 0.2) is 12.3 Å². The lowest BCUT2D eigenvalue weighted by molar-refractivity contribution is -0.129. The number of ether oxygens (including phenoxy) is 1. The molecule has 4 heteroatoms. The Kier molecular flexibility index (Phi) is 6.05. The summed E-state index contributed by atoms with van der Waals surface area (Å²) in [5.41, 5.74) is 0.832. The normalized spacial score (nSPS) is 14.4. The van der Waals surface area contributed by atoms with Gasteiger partial charge >= 0.3 is 0 Å². The molecule has 0 amide bonds. The Hall–Kier alpha value is -1.16. The van der Waals surface area contributed by atoms with Crippen LogP contribution in [0.4, 0.5) is 0 Å². The molecular weight excluding hydrogens is 228 g/mol. The van der Waals surface area contributed by atoms with E-state index < -0.39 is 0 Å². The second-order valence-electron chi connectivity index (χ2n) is 4.54. The summed E-state index contributed by atoms with van der Waals surface area (Å²) in [6, 6.07) is 2.30. The molecule has 1 aromatic rings. The predicted molar refractivity (Wildman–Crippen MR) is 71.6 cm³/mol. The average molecular weight is 252 g/mol. The SMILES string of the molecule is CCOC(CC)C(=O)Cc1ccn(C(C)CC)n1. The van der Waals surface area contributed by atoms with Crippen LogP contribution in [0.2, 0.25) is 0 Å². The maximum Gasteiger partial charge on any atom is 0.167 e. The molecule has 0 radical (unpaired) electrons. The minimum Gasteiger partial charge on any atom is -0.371 e. The average Bonchev–Trinajstić information content (AvgIpc) is 2.83. The third-order valence-corrected chi connectivity index (χ3v) is 3.16. The molecule has 4 nitrogen and oxygen atoms in total. The number of hydrogen-bond donors (Lipinski definition) is 0. The van der Waals surface area contributed by atoms with Crippen molar-refractivity contribution in [1.29, 1.82) is 0 Å². The monoisotopic (exact) mass is 252 g/mol. The van der Waals surface area contributed by atoms with Crippen molar-refractivity contribution in [2.45, 2.75) is 59.1 Å². The molecule has 18 heavy (non-hydrogen) atoms. The fraction of sp³-hybridized carbons (Fsp3) is 0.714. The first-order chi connectivity index (χ1) is 8.62. The van der Waals surface area contributed by atoms with Crippen molar-refractivity contribution in [1.82, 2.24) is 9.78 Å². The van der Waals surface area contributed by atoms with Crippen LogP contribution in [0.3, 0.4) is 0 Å². The van der Waals surface area contributed by atoms with Crippen LogP contribution < -0.4 is 0 Å². The summed E-state index contributed by atoms with van der Waals surface area (Å²) in [7, 11) is 0. The number of rotatable bonds is 8. The lowest BCUT2D eigenvalue weighted by Gasteiger charge is -2.12. The number of carbonyl (C=O) groups excluding carboxylic acids is 1. The Morgan fingerprint density at radius 2 is 2.11 bits per heavy atom. The maximum atomic E-state index is 12.0. The third-order valence-electron chi connectivity index (χ3n) is 3.16. The molecule has 1 heterocycles. The molecule has 0 aliphatic rings. The molecule has 1 aromatic heterocycles. The summed E-state index contributed by atoms with van der Waals surface area (Å²) in [5, 5.41) is 4.44. The smallest absolute Gasteiger partial charge is 0.167 e. The summed E-state index contributed by atoms with van der Waals surface area (Å²) in [4.78, 5) is 12.0. The van der Waals surface area contributed by atoms with Crippen LogP contribution in [0.1, 0.15) is 52.3 Å². The standard InChI is InChI=1S/C14H24N2O2/c1-5-11(4)16-9-8-12(15-16)10-13(17)14(6-2)18-7-3/h8-9,11,14H,5-7,10H2,1-4H3. The minimum atomic E-state index is -0.288. The lowest BCUT2D eigenvalue weighted by Crippen LogP contribution is -2.25. The molecule has 0 aromatic carbocycles. The van der Waals surface area contributed by atoms with Crippen molar-refractivity contribution in [2.24, 2.45) is 0 Å². The number of hydrogen-bond acceptors (Lipinski definition) is 3. The molecule has 0 spiro atoms. The summed E-state index contributed by atoms with van der Waals surface area (Å²) < 4.78 is 7.34. The molecule has 0 aliphatic carbocycles. The fourth-order valence-corrected chi connectivity index (χ4v) is 1.84. The van der Waals surface area contributed by atoms with Crippen LogP contribution in [-0.4, -0.2) is 28.3 Å². The van der Waals surface area contributed by atoms with Gasteiger partial charge in [-0.3, -0.25) is 9.48 Å². The number of carbonyl (C=O) groups is 1. The highest BCUT2D eigenvalue weighted by Gasteiger charge is 2.18. The largest absolute Gasteiger partial charge is 0.371 e. The number of nitrogens with zero attached hydrogens (tertiary/aromatic N) is 2. The predicted octanol–water partition coefficient (Wildman–Crippen LogP) is 2.78. The first kappa shape index (κ1) is 14.9. The second kappa shape index (κ2) is 7.31. The quantitative estimate of drug-likeness (QED) is 0.714. The van der Waals surface area contributed by atoms with Crippen molar-refractivity contribution in [2.75, 3.05) is 6.61 Å². The van der Waals surface area contributed by atoms with Gasteiger partial charge in [0, 0.05) is 18.8 Å². The van der Waals surface area contributed by atoms with Crippen molar-refractivity contribution in [3.8, 4) is 0 Å². The van der Waals surface area contributed by atoms with Gasteiger partial charge in [-0.05, 0) is 32.8 Å². The highest BCUT2D eigenvalue weighted by atomic mass is 16.5. The van der Waals surface area contributed by atoms with E-state index in [1.54, 1.807) is 0 Å². The third kappa shape index (κ3) is 3.95. The Bertz CT molecular complexity index is 374. The number of Topliss-reactive ketones (excluding diaryl/α,β-unsaturated/α-hetero) is 1. The van der Waals surface area contributed by atoms with E-state index in [0.29, 0.717) is 19.1 Å². The van der Waals surface area contributed by atoms with Gasteiger partial charge < -0.3 is 4.74 Å². The van der Waals surface area contributed by atoms with Gasteiger partial charge in [-0.2, -0.15) is 5.10 Å². The van der Waals surface area contributed by atoms with Gasteiger partial charge in [-0.15, -0.1) is 0 Å². The molecule has 0 bridgehead atoms. The number of aromatic nitrogens is 2. The van der Waals surface area contributed by atoms with E-state index in [1.807, 2.05) is 30.8 Å². The van der Waals surface area contributed by atoms with Crippen LogP contribution in [0, 0.1) is 0 Å². The minimum absolute atomic E-state index is 0.119. The van der Waals surface area contributed by atoms with Crippen molar-refractivity contribution >= 4 is 5.78 Å². The van der Waals surface area contributed by atoms with Crippen molar-refractivity contribution in [3.63, 3.8) is 0 Å². The topological polar surface area (TPSA) is 44.1 Å². The summed E-state index contributed by atoms with van der Waals surface area (Å²) >= 11 is 0. The Morgan fingerprint density at radius 1 is 1.39 bits per heavy atom. The Balaban J connectivity index is 2.61. The maximum absolute atomic E-state index is 12.0. The van der Waals surface area contributed by atoms with Crippen LogP contribution in [-0.2, 0) is 16.0 Å². The van der Waals surface area contributed by atoms with E-state index in [0.717, 1.165) is 18.5 Å². The van der Waals surface area contributed by atoms with Gasteiger partial charge in [-0.25, -0.2) is 0 Å². The first-order valence-electron chi connectivity index (χ1n) is 6.80. The van der Waals surface area contributed by atoms with Gasteiger partial charge in [0.15, 0.2) is 5.78 Å². The van der Waals surface area contributed by atoms with Gasteiger partial charge in [0.2, 0.25) is 0 Å². The molecule has 0 N–H and O–H groups in total. The van der Waals surface area contributed by atoms with E-state index in [9.17, 15) is 4.79 Å². The second-order valence-corrected chi connectivity index (χ2v) is 4.54. The van der Waals surface area contributed by atoms with E-state index in [1.165, 1.54) is 0 Å². The highest BCUT2D eigenvalue weighted by Crippen LogP contribution is 2.11. The lowest BCUT2D eigenvalue weighted by atomic mass is 10.1. The molecule has 0 saturated carbocycles. The van der Waals surface area contributed by atoms with Gasteiger partial charge in [0.25, 0.3) is 0 Å². The van der Waals surface area contributed by atoms with Crippen molar-refractivity contribution < 1.29 is 9.53 Å². The summed E-state index contributed by atoms with van der Waals surface area (Å²) in [5.74, 6) is 0.119. The van der Waals surface area contributed by atoms with Gasteiger partial charge in [-0.1, -0.05) is 13.8 Å². The molecule has 0 aliphatic heterocycles. The van der Waals surface area contributed by atoms with E-state index >= 15 is 0 Å². The molecule has 2 atom stereocenters. The molecular formula is C14H24N2O2. The fourth-order valence-electron chi connectivity index (χ4n) is 1.84. The van der Waals surface area contributed by atoms with Gasteiger partial charge in [0.05, 0.1) is 12.1 Å². The first-order valence-corrected chi connectivity index (χ1v) is 6.80. The molecule has 1 rings (SSSR count). The Labute approximate surface area is 109 Å². The number of ketones is 1. The summed E-state index contributed by atoms with van der Waals surface area (Å²) in [6.45, 7) is 8.70. The Morgan fingerprint density at radius 3 is 2.67 bits per heavy atom. The zero-order chi connectivity index (χ0) is 13.5. The zero-order valence-electron chi connectivity index (χ0n) is 11.8. The zero-order valence-corrected chi connectivity index (χ0v) is 11.8. The van der Waals surface area contributed by atoms with E-state index in [-0.39, 0.29) is 11.9 Å². The molecule has 102 valence electrons. The van der Waals surface area contributed by atoms with Crippen LogP contribution >= 0.6 is 0 Å². The van der Waals surface area contributed by atoms with Crippen LogP contribution in [0.25, 0.3) is 0 Å².